The van der Waals surface area contributed by atoms with E-state index < -0.39 is 23.9 Å². The first-order chi connectivity index (χ1) is 12.0. The van der Waals surface area contributed by atoms with Crippen molar-refractivity contribution in [1.29, 1.82) is 0 Å². The van der Waals surface area contributed by atoms with E-state index >= 15 is 0 Å². The first-order valence-corrected chi connectivity index (χ1v) is 7.31. The van der Waals surface area contributed by atoms with Crippen molar-refractivity contribution in [3.63, 3.8) is 0 Å². The van der Waals surface area contributed by atoms with Crippen molar-refractivity contribution in [1.82, 2.24) is 20.5 Å². The second kappa shape index (κ2) is 7.12. The Kier molecular flexibility index (Phi) is 5.30. The van der Waals surface area contributed by atoms with Gasteiger partial charge in [-0.05, 0) is 24.6 Å². The molecule has 11 heteroatoms. The van der Waals surface area contributed by atoms with Gasteiger partial charge in [0.05, 0.1) is 5.69 Å². The van der Waals surface area contributed by atoms with Crippen LogP contribution in [0, 0.1) is 6.92 Å². The van der Waals surface area contributed by atoms with E-state index in [1.54, 1.807) is 21.0 Å². The number of nitrogens with one attached hydrogen (secondary N) is 2. The Morgan fingerprint density at radius 3 is 2.38 bits per heavy atom. The number of benzene rings is 1. The zero-order valence-electron chi connectivity index (χ0n) is 14.4. The molecule has 2 aromatic rings. The molecule has 1 aromatic heterocycles. The van der Waals surface area contributed by atoms with Gasteiger partial charge in [0, 0.05) is 32.1 Å². The standard InChI is InChI=1S/C15H16F3N5O3/c1-7-9(13(25)19-8(2)24)5-6-10(11(7)21-23(3)4)12-20-14(26-22-12)15(16,17)18/h5-6,21H,1-4H3,(H,19,24,25). The zero-order chi connectivity index (χ0) is 19.6. The van der Waals surface area contributed by atoms with Gasteiger partial charge in [0.25, 0.3) is 5.91 Å². The SMILES string of the molecule is CC(=O)NC(=O)c1ccc(-c2noc(C(F)(F)F)n2)c(NN(C)C)c1C. The van der Waals surface area contributed by atoms with E-state index in [0.29, 0.717) is 11.3 Å². The van der Waals surface area contributed by atoms with E-state index in [1.807, 2.05) is 0 Å². The molecule has 0 bridgehead atoms. The Bertz CT molecular complexity index is 846. The number of hydrogen-bond donors (Lipinski definition) is 2. The summed E-state index contributed by atoms with van der Waals surface area (Å²) < 4.78 is 42.3. The molecule has 0 aliphatic heterocycles. The van der Waals surface area contributed by atoms with Gasteiger partial charge in [0.15, 0.2) is 0 Å². The average Bonchev–Trinajstić information content (AvgIpc) is 2.97. The lowest BCUT2D eigenvalue weighted by Gasteiger charge is -2.20. The summed E-state index contributed by atoms with van der Waals surface area (Å²) in [4.78, 5) is 26.6. The van der Waals surface area contributed by atoms with E-state index in [9.17, 15) is 22.8 Å². The number of rotatable bonds is 4. The van der Waals surface area contributed by atoms with Crippen molar-refractivity contribution >= 4 is 17.5 Å². The van der Waals surface area contributed by atoms with Gasteiger partial charge in [-0.1, -0.05) is 5.16 Å². The highest BCUT2D eigenvalue weighted by Crippen LogP contribution is 2.34. The summed E-state index contributed by atoms with van der Waals surface area (Å²) in [6, 6.07) is 2.74. The summed E-state index contributed by atoms with van der Waals surface area (Å²) in [5, 5.41) is 7.04. The molecule has 2 N–H and O–H groups in total. The van der Waals surface area contributed by atoms with Gasteiger partial charge < -0.3 is 9.95 Å². The monoisotopic (exact) mass is 371 g/mol. The van der Waals surface area contributed by atoms with Gasteiger partial charge in [0.1, 0.15) is 0 Å². The largest absolute Gasteiger partial charge is 0.471 e. The molecule has 0 aliphatic carbocycles. The smallest absolute Gasteiger partial charge is 0.329 e. The highest BCUT2D eigenvalue weighted by molar-refractivity contribution is 6.06. The molecule has 2 amide bonds. The van der Waals surface area contributed by atoms with E-state index in [-0.39, 0.29) is 17.0 Å². The number of amides is 2. The number of carbonyl (C=O) groups is 2. The minimum Gasteiger partial charge on any atom is -0.329 e. The molecule has 0 unspecified atom stereocenters. The third-order valence-corrected chi connectivity index (χ3v) is 3.24. The van der Waals surface area contributed by atoms with Crippen LogP contribution in [0.2, 0.25) is 0 Å². The summed E-state index contributed by atoms with van der Waals surface area (Å²) in [5.74, 6) is -2.93. The average molecular weight is 371 g/mol. The van der Waals surface area contributed by atoms with Crippen molar-refractivity contribution in [2.75, 3.05) is 19.5 Å². The molecule has 1 heterocycles. The number of nitrogens with zero attached hydrogens (tertiary/aromatic N) is 3. The topological polar surface area (TPSA) is 100 Å². The molecular weight excluding hydrogens is 355 g/mol. The first-order valence-electron chi connectivity index (χ1n) is 7.31. The summed E-state index contributed by atoms with van der Waals surface area (Å²) >= 11 is 0. The molecule has 0 radical (unpaired) electrons. The van der Waals surface area contributed by atoms with Crippen LogP contribution in [0.4, 0.5) is 18.9 Å². The maximum Gasteiger partial charge on any atom is 0.471 e. The third kappa shape index (κ3) is 4.17. The Balaban J connectivity index is 2.56. The lowest BCUT2D eigenvalue weighted by atomic mass is 10.0. The van der Waals surface area contributed by atoms with Crippen LogP contribution >= 0.6 is 0 Å². The Labute approximate surface area is 146 Å². The number of hydrazine groups is 1. The molecule has 2 rings (SSSR count). The maximum atomic E-state index is 12.7. The number of imide groups is 1. The second-order valence-corrected chi connectivity index (χ2v) is 5.60. The van der Waals surface area contributed by atoms with E-state index in [0.717, 1.165) is 0 Å². The normalized spacial score (nSPS) is 11.5. The van der Waals surface area contributed by atoms with Crippen molar-refractivity contribution in [2.45, 2.75) is 20.0 Å². The van der Waals surface area contributed by atoms with Crippen LogP contribution in [0.3, 0.4) is 0 Å². The Morgan fingerprint density at radius 1 is 1.23 bits per heavy atom. The lowest BCUT2D eigenvalue weighted by molar-refractivity contribution is -0.159. The molecule has 0 saturated carbocycles. The first kappa shape index (κ1) is 19.4. The number of anilines is 1. The minimum atomic E-state index is -4.77. The van der Waals surface area contributed by atoms with Gasteiger partial charge in [-0.15, -0.1) is 0 Å². The highest BCUT2D eigenvalue weighted by Gasteiger charge is 2.38. The predicted molar refractivity (Wildman–Crippen MR) is 84.9 cm³/mol. The molecule has 0 spiro atoms. The van der Waals surface area contributed by atoms with Crippen LogP contribution < -0.4 is 10.7 Å². The summed E-state index contributed by atoms with van der Waals surface area (Å²) in [6.07, 6.45) is -4.77. The van der Waals surface area contributed by atoms with Crippen LogP contribution in [0.5, 0.6) is 0 Å². The minimum absolute atomic E-state index is 0.174. The van der Waals surface area contributed by atoms with Crippen molar-refractivity contribution in [2.24, 2.45) is 0 Å². The maximum absolute atomic E-state index is 12.7. The summed E-state index contributed by atoms with van der Waals surface area (Å²) in [5.41, 5.74) is 3.98. The zero-order valence-corrected chi connectivity index (χ0v) is 14.4. The van der Waals surface area contributed by atoms with Gasteiger partial charge in [-0.3, -0.25) is 14.9 Å². The number of hydrogen-bond acceptors (Lipinski definition) is 7. The van der Waals surface area contributed by atoms with Crippen LogP contribution in [-0.2, 0) is 11.0 Å². The summed E-state index contributed by atoms with van der Waals surface area (Å²) in [6.45, 7) is 2.77. The van der Waals surface area contributed by atoms with Gasteiger partial charge in [-0.25, -0.2) is 5.01 Å². The Morgan fingerprint density at radius 2 is 1.88 bits per heavy atom. The molecule has 0 saturated heterocycles. The van der Waals surface area contributed by atoms with E-state index in [4.69, 9.17) is 0 Å². The molecular formula is C15H16F3N5O3. The van der Waals surface area contributed by atoms with Crippen molar-refractivity contribution in [3.05, 3.63) is 29.2 Å². The van der Waals surface area contributed by atoms with E-state index in [2.05, 4.69) is 25.4 Å². The number of alkyl halides is 3. The fraction of sp³-hybridized carbons (Fsp3) is 0.333. The lowest BCUT2D eigenvalue weighted by Crippen LogP contribution is -2.29. The van der Waals surface area contributed by atoms with Crippen molar-refractivity contribution in [3.8, 4) is 11.4 Å². The Hall–Kier alpha value is -2.95. The number of carbonyl (C=O) groups excluding carboxylic acids is 2. The number of halogens is 3. The van der Waals surface area contributed by atoms with Crippen molar-refractivity contribution < 1.29 is 27.3 Å². The second-order valence-electron chi connectivity index (χ2n) is 5.60. The predicted octanol–water partition coefficient (Wildman–Crippen LogP) is 2.23. The highest BCUT2D eigenvalue weighted by atomic mass is 19.4. The molecule has 26 heavy (non-hydrogen) atoms. The molecule has 140 valence electrons. The molecule has 0 fully saturated rings. The van der Waals surface area contributed by atoms with Gasteiger partial charge in [0.2, 0.25) is 11.7 Å². The van der Waals surface area contributed by atoms with Crippen LogP contribution in [0.25, 0.3) is 11.4 Å². The molecule has 8 nitrogen and oxygen atoms in total. The summed E-state index contributed by atoms with van der Waals surface area (Å²) in [7, 11) is 3.31. The quantitative estimate of drug-likeness (QED) is 0.795. The van der Waals surface area contributed by atoms with Gasteiger partial charge >= 0.3 is 12.1 Å². The molecule has 0 atom stereocenters. The molecule has 0 aliphatic rings. The van der Waals surface area contributed by atoms with Crippen LogP contribution in [-0.4, -0.2) is 41.1 Å². The van der Waals surface area contributed by atoms with Crippen LogP contribution in [0.15, 0.2) is 16.7 Å². The van der Waals surface area contributed by atoms with Crippen LogP contribution in [0.1, 0.15) is 28.7 Å². The fourth-order valence-corrected chi connectivity index (χ4v) is 2.19. The fourth-order valence-electron chi connectivity index (χ4n) is 2.19. The van der Waals surface area contributed by atoms with E-state index in [1.165, 1.54) is 24.1 Å². The van der Waals surface area contributed by atoms with Gasteiger partial charge in [-0.2, -0.15) is 18.2 Å². The third-order valence-electron chi connectivity index (χ3n) is 3.24. The number of aromatic nitrogens is 2. The molecule has 1 aromatic carbocycles.